The highest BCUT2D eigenvalue weighted by atomic mass is 79.9. The third-order valence-corrected chi connectivity index (χ3v) is 7.70. The average molecular weight is 607 g/mol. The van der Waals surface area contributed by atoms with Crippen LogP contribution in [0.15, 0.2) is 46.9 Å². The molecule has 0 saturated heterocycles. The maximum absolute atomic E-state index is 13.6. The minimum Gasteiger partial charge on any atom is -0.354 e. The molecule has 2 aromatic carbocycles. The van der Waals surface area contributed by atoms with Crippen LogP contribution in [0, 0.1) is 0 Å². The van der Waals surface area contributed by atoms with E-state index in [1.165, 1.54) is 4.90 Å². The van der Waals surface area contributed by atoms with E-state index in [1.54, 1.807) is 42.5 Å². The number of sulfonamides is 1. The number of carbonyl (C=O) groups excluding carboxylic acids is 2. The van der Waals surface area contributed by atoms with Crippen molar-refractivity contribution in [1.82, 2.24) is 10.2 Å². The summed E-state index contributed by atoms with van der Waals surface area (Å²) in [5.41, 5.74) is 1.01. The summed E-state index contributed by atoms with van der Waals surface area (Å²) in [6.45, 7) is 3.92. The lowest BCUT2D eigenvalue weighted by Crippen LogP contribution is -2.52. The number of halogens is 3. The normalized spacial score (nSPS) is 12.2. The number of nitrogens with zero attached hydrogens (tertiary/aromatic N) is 2. The predicted octanol–water partition coefficient (Wildman–Crippen LogP) is 5.25. The Morgan fingerprint density at radius 3 is 2.37 bits per heavy atom. The van der Waals surface area contributed by atoms with Crippen molar-refractivity contribution in [3.05, 3.63) is 62.5 Å². The molecular formula is C24H30BrCl2N3O4S. The second-order valence-corrected chi connectivity index (χ2v) is 11.7. The molecule has 0 fully saturated rings. The molecule has 0 unspecified atom stereocenters. The summed E-state index contributed by atoms with van der Waals surface area (Å²) in [5.74, 6) is -0.804. The first-order valence-electron chi connectivity index (χ1n) is 11.2. The lowest BCUT2D eigenvalue weighted by atomic mass is 10.1. The first-order chi connectivity index (χ1) is 16.5. The van der Waals surface area contributed by atoms with Crippen LogP contribution in [0.3, 0.4) is 0 Å². The van der Waals surface area contributed by atoms with Gasteiger partial charge in [-0.05, 0) is 48.7 Å². The van der Waals surface area contributed by atoms with Crippen molar-refractivity contribution in [1.29, 1.82) is 0 Å². The molecule has 0 bridgehead atoms. The number of anilines is 1. The first-order valence-corrected chi connectivity index (χ1v) is 14.6. The topological polar surface area (TPSA) is 86.8 Å². The molecule has 2 rings (SSSR count). The molecule has 1 atom stereocenters. The molecule has 0 spiro atoms. The van der Waals surface area contributed by atoms with Crippen LogP contribution in [0.2, 0.25) is 10.0 Å². The average Bonchev–Trinajstić information content (AvgIpc) is 2.79. The molecule has 2 amide bonds. The molecule has 0 heterocycles. The van der Waals surface area contributed by atoms with Gasteiger partial charge in [0.25, 0.3) is 0 Å². The molecule has 192 valence electrons. The molecule has 1 N–H and O–H groups in total. The highest BCUT2D eigenvalue weighted by molar-refractivity contribution is 9.10. The summed E-state index contributed by atoms with van der Waals surface area (Å²) in [4.78, 5) is 28.0. The predicted molar refractivity (Wildman–Crippen MR) is 145 cm³/mol. The zero-order chi connectivity index (χ0) is 26.2. The van der Waals surface area contributed by atoms with Gasteiger partial charge in [-0.3, -0.25) is 13.9 Å². The van der Waals surface area contributed by atoms with Gasteiger partial charge in [0.1, 0.15) is 12.6 Å². The maximum atomic E-state index is 13.6. The monoisotopic (exact) mass is 605 g/mol. The lowest BCUT2D eigenvalue weighted by Gasteiger charge is -2.33. The van der Waals surface area contributed by atoms with Crippen molar-refractivity contribution in [2.75, 3.05) is 23.7 Å². The number of hydrogen-bond acceptors (Lipinski definition) is 4. The highest BCUT2D eigenvalue weighted by Gasteiger charge is 2.31. The van der Waals surface area contributed by atoms with Gasteiger partial charge in [0, 0.05) is 17.6 Å². The van der Waals surface area contributed by atoms with Crippen LogP contribution >= 0.6 is 39.1 Å². The largest absolute Gasteiger partial charge is 0.354 e. The fourth-order valence-electron chi connectivity index (χ4n) is 3.51. The van der Waals surface area contributed by atoms with E-state index >= 15 is 0 Å². The highest BCUT2D eigenvalue weighted by Crippen LogP contribution is 2.25. The minimum absolute atomic E-state index is 0.0610. The number of nitrogens with one attached hydrogen (secondary N) is 1. The Kier molecular flexibility index (Phi) is 11.3. The summed E-state index contributed by atoms with van der Waals surface area (Å²) in [6, 6.07) is 10.9. The standard InChI is InChI=1S/C24H30BrCl2N3O4S/c1-4-6-12-28-24(32)22(5-2)29(15-17-10-11-20(26)21(27)13-17)23(31)16-30(35(3,33)34)19-9-7-8-18(25)14-19/h7-11,13-14,22H,4-6,12,15-16H2,1-3H3,(H,28,32)/t22-/m0/s1. The molecule has 0 aliphatic rings. The first kappa shape index (κ1) is 29.4. The van der Waals surface area contributed by atoms with E-state index in [2.05, 4.69) is 21.2 Å². The molecule has 35 heavy (non-hydrogen) atoms. The van der Waals surface area contributed by atoms with E-state index in [9.17, 15) is 18.0 Å². The number of unbranched alkanes of at least 4 members (excludes halogenated alkanes) is 1. The fraction of sp³-hybridized carbons (Fsp3) is 0.417. The van der Waals surface area contributed by atoms with Gasteiger partial charge in [0.2, 0.25) is 21.8 Å². The van der Waals surface area contributed by atoms with Crippen LogP contribution in [0.25, 0.3) is 0 Å². The number of amides is 2. The fourth-order valence-corrected chi connectivity index (χ4v) is 5.05. The van der Waals surface area contributed by atoms with Gasteiger partial charge in [0.15, 0.2) is 0 Å². The van der Waals surface area contributed by atoms with Crippen molar-refractivity contribution in [3.8, 4) is 0 Å². The second-order valence-electron chi connectivity index (χ2n) is 8.09. The number of benzene rings is 2. The van der Waals surface area contributed by atoms with E-state index in [-0.39, 0.29) is 12.5 Å². The molecule has 0 saturated carbocycles. The van der Waals surface area contributed by atoms with Crippen LogP contribution in [-0.2, 0) is 26.2 Å². The smallest absolute Gasteiger partial charge is 0.244 e. The van der Waals surface area contributed by atoms with Crippen LogP contribution in [-0.4, -0.2) is 50.5 Å². The second kappa shape index (κ2) is 13.5. The third kappa shape index (κ3) is 8.66. The van der Waals surface area contributed by atoms with Gasteiger partial charge in [-0.2, -0.15) is 0 Å². The maximum Gasteiger partial charge on any atom is 0.244 e. The Balaban J connectivity index is 2.42. The van der Waals surface area contributed by atoms with Crippen LogP contribution in [0.4, 0.5) is 5.69 Å². The molecule has 7 nitrogen and oxygen atoms in total. The molecule has 0 aliphatic carbocycles. The van der Waals surface area contributed by atoms with E-state index in [4.69, 9.17) is 23.2 Å². The number of carbonyl (C=O) groups is 2. The van der Waals surface area contributed by atoms with Crippen molar-refractivity contribution in [2.45, 2.75) is 45.7 Å². The van der Waals surface area contributed by atoms with E-state index in [0.717, 1.165) is 23.4 Å². The molecule has 0 radical (unpaired) electrons. The molecule has 0 aliphatic heterocycles. The van der Waals surface area contributed by atoms with Crippen molar-refractivity contribution in [2.24, 2.45) is 0 Å². The Morgan fingerprint density at radius 1 is 1.09 bits per heavy atom. The van der Waals surface area contributed by atoms with E-state index in [1.807, 2.05) is 13.8 Å². The summed E-state index contributed by atoms with van der Waals surface area (Å²) in [5, 5.41) is 3.57. The van der Waals surface area contributed by atoms with Crippen LogP contribution in [0.1, 0.15) is 38.7 Å². The van der Waals surface area contributed by atoms with Gasteiger partial charge >= 0.3 is 0 Å². The lowest BCUT2D eigenvalue weighted by molar-refractivity contribution is -0.140. The van der Waals surface area contributed by atoms with Gasteiger partial charge in [0.05, 0.1) is 22.0 Å². The summed E-state index contributed by atoms with van der Waals surface area (Å²) in [6.07, 6.45) is 3.12. The third-order valence-electron chi connectivity index (χ3n) is 5.33. The van der Waals surface area contributed by atoms with E-state index in [0.29, 0.717) is 38.7 Å². The summed E-state index contributed by atoms with van der Waals surface area (Å²) in [7, 11) is -3.79. The zero-order valence-electron chi connectivity index (χ0n) is 19.9. The van der Waals surface area contributed by atoms with Crippen LogP contribution < -0.4 is 9.62 Å². The molecule has 2 aromatic rings. The molecule has 11 heteroatoms. The van der Waals surface area contributed by atoms with Crippen molar-refractivity contribution >= 4 is 66.7 Å². The van der Waals surface area contributed by atoms with Gasteiger partial charge in [-0.15, -0.1) is 0 Å². The Bertz CT molecular complexity index is 1150. The number of hydrogen-bond donors (Lipinski definition) is 1. The van der Waals surface area contributed by atoms with Crippen molar-refractivity contribution in [3.63, 3.8) is 0 Å². The quantitative estimate of drug-likeness (QED) is 0.335. The molecular weight excluding hydrogens is 577 g/mol. The Hall–Kier alpha value is -1.81. The summed E-state index contributed by atoms with van der Waals surface area (Å²) >= 11 is 15.5. The van der Waals surface area contributed by atoms with E-state index < -0.39 is 28.5 Å². The van der Waals surface area contributed by atoms with Gasteiger partial charge in [-0.1, -0.05) is 71.5 Å². The Labute approximate surface area is 225 Å². The van der Waals surface area contributed by atoms with Gasteiger partial charge in [-0.25, -0.2) is 8.42 Å². The van der Waals surface area contributed by atoms with Crippen LogP contribution in [0.5, 0.6) is 0 Å². The van der Waals surface area contributed by atoms with Crippen molar-refractivity contribution < 1.29 is 18.0 Å². The van der Waals surface area contributed by atoms with Gasteiger partial charge < -0.3 is 10.2 Å². The minimum atomic E-state index is -3.79. The Morgan fingerprint density at radius 2 is 1.80 bits per heavy atom. The number of rotatable bonds is 12. The zero-order valence-corrected chi connectivity index (χ0v) is 23.8. The SMILES string of the molecule is CCCCNC(=O)[C@H](CC)N(Cc1ccc(Cl)c(Cl)c1)C(=O)CN(c1cccc(Br)c1)S(C)(=O)=O. The summed E-state index contributed by atoms with van der Waals surface area (Å²) < 4.78 is 26.9. The molecule has 0 aromatic heterocycles.